The van der Waals surface area contributed by atoms with E-state index in [1.807, 2.05) is 6.08 Å². The fourth-order valence-corrected chi connectivity index (χ4v) is 12.2. The molecule has 0 aromatic carbocycles. The van der Waals surface area contributed by atoms with Crippen LogP contribution in [0.15, 0.2) is 97.2 Å². The number of carbonyl (C=O) groups excluding carboxylic acids is 1. The van der Waals surface area contributed by atoms with Gasteiger partial charge in [0.05, 0.1) is 32.0 Å². The second-order valence-corrected chi connectivity index (χ2v) is 26.7. The molecule has 0 aliphatic carbocycles. The predicted octanol–water partition coefficient (Wildman–Crippen LogP) is 16.9. The Balaban J connectivity index is 1.66. The van der Waals surface area contributed by atoms with E-state index in [-0.39, 0.29) is 18.9 Å². The Morgan fingerprint density at radius 2 is 0.745 bits per heavy atom. The predicted molar refractivity (Wildman–Crippen MR) is 387 cm³/mol. The largest absolute Gasteiger partial charge is 0.394 e. The fraction of sp³-hybridized carbons (Fsp3) is 0.787. The molecule has 544 valence electrons. The summed E-state index contributed by atoms with van der Waals surface area (Å²) in [7, 11) is 0. The molecular formula is C80H141NO13. The first-order valence-electron chi connectivity index (χ1n) is 38.5. The Labute approximate surface area is 573 Å². The third kappa shape index (κ3) is 46.2. The number of allylic oxidation sites excluding steroid dienone is 15. The van der Waals surface area contributed by atoms with Gasteiger partial charge in [0.2, 0.25) is 5.91 Å². The molecule has 2 fully saturated rings. The van der Waals surface area contributed by atoms with Crippen LogP contribution >= 0.6 is 0 Å². The lowest BCUT2D eigenvalue weighted by Gasteiger charge is -2.46. The molecule has 0 aromatic rings. The smallest absolute Gasteiger partial charge is 0.220 e. The summed E-state index contributed by atoms with van der Waals surface area (Å²) in [4.78, 5) is 13.4. The Bertz CT molecular complexity index is 1950. The second kappa shape index (κ2) is 63.4. The first-order valence-corrected chi connectivity index (χ1v) is 38.5. The standard InChI is InChI=1S/C80H141NO13/c1-3-5-7-9-11-13-15-17-19-21-23-25-27-29-31-33-34-36-38-40-42-44-46-48-50-52-54-56-58-60-62-64-72(85)81-68(67-91-79-77(90)75(88)78(71(66-83)93-79)94-80-76(89)74(87)73(86)70(65-82)92-80)69(84)63-61-59-57-55-53-51-49-47-45-43-41-39-37-35-32-30-28-26-24-22-20-18-16-14-12-10-8-6-4-2/h5,7,11,13,17,19,23,25,29,31,45,47,53,55,61,63,68-71,73-80,82-84,86-90H,3-4,6,8-10,12,14-16,18,20-22,24,26-28,30,32-44,46,48-52,54,56-60,62,64-67H2,1-2H3,(H,81,85)/b7-5-,13-11-,19-17-,25-23-,31-29-,47-45+,55-53+,63-61+. The van der Waals surface area contributed by atoms with Gasteiger partial charge in [-0.1, -0.05) is 310 Å². The summed E-state index contributed by atoms with van der Waals surface area (Å²) in [6.45, 7) is 2.70. The van der Waals surface area contributed by atoms with Crippen molar-refractivity contribution >= 4 is 5.91 Å². The van der Waals surface area contributed by atoms with Gasteiger partial charge in [-0.3, -0.25) is 4.79 Å². The average molecular weight is 1330 g/mol. The molecule has 0 bridgehead atoms. The molecule has 14 nitrogen and oxygen atoms in total. The van der Waals surface area contributed by atoms with Crippen molar-refractivity contribution in [2.45, 2.75) is 383 Å². The van der Waals surface area contributed by atoms with Crippen LogP contribution in [0, 0.1) is 0 Å². The summed E-state index contributed by atoms with van der Waals surface area (Å²) >= 11 is 0. The number of aliphatic hydroxyl groups excluding tert-OH is 8. The summed E-state index contributed by atoms with van der Waals surface area (Å²) in [5.74, 6) is -0.253. The van der Waals surface area contributed by atoms with Gasteiger partial charge in [0.25, 0.3) is 0 Å². The monoisotopic (exact) mass is 1320 g/mol. The number of amides is 1. The van der Waals surface area contributed by atoms with E-state index >= 15 is 0 Å². The normalized spacial score (nSPS) is 23.0. The van der Waals surface area contributed by atoms with Crippen LogP contribution in [0.2, 0.25) is 0 Å². The summed E-state index contributed by atoms with van der Waals surface area (Å²) in [6.07, 6.45) is 73.4. The number of hydrogen-bond donors (Lipinski definition) is 9. The summed E-state index contributed by atoms with van der Waals surface area (Å²) in [6, 6.07) is -0.945. The van der Waals surface area contributed by atoms with Gasteiger partial charge in [0.15, 0.2) is 12.6 Å². The average Bonchev–Trinajstić information content (AvgIpc) is 0.794. The highest BCUT2D eigenvalue weighted by molar-refractivity contribution is 5.76. The SMILES string of the molecule is CC/C=C\C/C=C\C/C=C\C/C=C\C/C=C\CCCCCCCCCCCCCCCCCC(=O)NC(COC1OC(CO)C(OC2OC(CO)C(O)C(O)C2O)C(O)C1O)C(O)/C=C/CC/C=C/CC/C=C/CCCCCCCCCCCCCCCCCCCCC. The van der Waals surface area contributed by atoms with E-state index in [2.05, 4.69) is 104 Å². The lowest BCUT2D eigenvalue weighted by atomic mass is 9.97. The highest BCUT2D eigenvalue weighted by atomic mass is 16.7. The minimum atomic E-state index is -1.80. The Morgan fingerprint density at radius 3 is 1.17 bits per heavy atom. The second-order valence-electron chi connectivity index (χ2n) is 26.7. The molecule has 12 atom stereocenters. The molecular weight excluding hydrogens is 1180 g/mol. The molecule has 0 radical (unpaired) electrons. The van der Waals surface area contributed by atoms with E-state index in [1.165, 1.54) is 199 Å². The zero-order valence-corrected chi connectivity index (χ0v) is 59.4. The number of aliphatic hydroxyl groups is 8. The van der Waals surface area contributed by atoms with Crippen molar-refractivity contribution < 1.29 is 64.6 Å². The zero-order chi connectivity index (χ0) is 68.0. The van der Waals surface area contributed by atoms with E-state index in [0.29, 0.717) is 12.8 Å². The molecule has 0 saturated carbocycles. The third-order valence-electron chi connectivity index (χ3n) is 18.2. The fourth-order valence-electron chi connectivity index (χ4n) is 12.2. The van der Waals surface area contributed by atoms with Crippen molar-refractivity contribution in [3.63, 3.8) is 0 Å². The van der Waals surface area contributed by atoms with Gasteiger partial charge in [0.1, 0.15) is 48.8 Å². The van der Waals surface area contributed by atoms with E-state index in [1.54, 1.807) is 6.08 Å². The molecule has 9 N–H and O–H groups in total. The highest BCUT2D eigenvalue weighted by Gasteiger charge is 2.51. The number of hydrogen-bond acceptors (Lipinski definition) is 13. The van der Waals surface area contributed by atoms with Gasteiger partial charge in [-0.15, -0.1) is 0 Å². The van der Waals surface area contributed by atoms with Crippen molar-refractivity contribution in [1.29, 1.82) is 0 Å². The molecule has 2 aliphatic rings. The number of unbranched alkanes of at least 4 members (excludes halogenated alkanes) is 36. The summed E-state index contributed by atoms with van der Waals surface area (Å²) in [5.41, 5.74) is 0. The van der Waals surface area contributed by atoms with Crippen molar-refractivity contribution in [3.8, 4) is 0 Å². The summed E-state index contributed by atoms with van der Waals surface area (Å²) < 4.78 is 22.9. The van der Waals surface area contributed by atoms with E-state index in [0.717, 1.165) is 77.0 Å². The van der Waals surface area contributed by atoms with Gasteiger partial charge < -0.3 is 65.1 Å². The van der Waals surface area contributed by atoms with Gasteiger partial charge in [-0.25, -0.2) is 0 Å². The number of nitrogens with one attached hydrogen (secondary N) is 1. The Morgan fingerprint density at radius 1 is 0.394 bits per heavy atom. The van der Waals surface area contributed by atoms with Gasteiger partial charge in [0, 0.05) is 6.42 Å². The maximum absolute atomic E-state index is 13.4. The van der Waals surface area contributed by atoms with Crippen molar-refractivity contribution in [1.82, 2.24) is 5.32 Å². The number of carbonyl (C=O) groups is 1. The van der Waals surface area contributed by atoms with Crippen LogP contribution in [-0.2, 0) is 23.7 Å². The van der Waals surface area contributed by atoms with E-state index in [9.17, 15) is 45.6 Å². The van der Waals surface area contributed by atoms with Crippen LogP contribution < -0.4 is 5.32 Å². The van der Waals surface area contributed by atoms with E-state index < -0.39 is 86.8 Å². The quantitative estimate of drug-likeness (QED) is 0.0204. The maximum atomic E-state index is 13.4. The molecule has 2 saturated heterocycles. The Hall–Kier alpha value is -3.09. The molecule has 0 aromatic heterocycles. The van der Waals surface area contributed by atoms with Crippen molar-refractivity contribution in [2.24, 2.45) is 0 Å². The van der Waals surface area contributed by atoms with Crippen LogP contribution in [0.1, 0.15) is 309 Å². The molecule has 94 heavy (non-hydrogen) atoms. The van der Waals surface area contributed by atoms with Crippen LogP contribution in [0.4, 0.5) is 0 Å². The highest BCUT2D eigenvalue weighted by Crippen LogP contribution is 2.30. The molecule has 0 spiro atoms. The number of ether oxygens (including phenoxy) is 4. The molecule has 2 aliphatic heterocycles. The first-order chi connectivity index (χ1) is 46.1. The van der Waals surface area contributed by atoms with Crippen LogP contribution in [0.25, 0.3) is 0 Å². The van der Waals surface area contributed by atoms with Gasteiger partial charge in [-0.05, 0) is 89.9 Å². The topological polar surface area (TPSA) is 228 Å². The number of rotatable bonds is 63. The minimum Gasteiger partial charge on any atom is -0.394 e. The van der Waals surface area contributed by atoms with Crippen LogP contribution in [0.5, 0.6) is 0 Å². The van der Waals surface area contributed by atoms with Gasteiger partial charge >= 0.3 is 0 Å². The lowest BCUT2D eigenvalue weighted by Crippen LogP contribution is -2.65. The minimum absolute atomic E-state index is 0.253. The zero-order valence-electron chi connectivity index (χ0n) is 59.4. The maximum Gasteiger partial charge on any atom is 0.220 e. The van der Waals surface area contributed by atoms with Crippen LogP contribution in [-0.4, -0.2) is 140 Å². The first kappa shape index (κ1) is 87.0. The molecule has 14 heteroatoms. The molecule has 2 heterocycles. The van der Waals surface area contributed by atoms with Gasteiger partial charge in [-0.2, -0.15) is 0 Å². The van der Waals surface area contributed by atoms with Crippen molar-refractivity contribution in [3.05, 3.63) is 97.2 Å². The third-order valence-corrected chi connectivity index (χ3v) is 18.2. The molecule has 2 rings (SSSR count). The van der Waals surface area contributed by atoms with Crippen molar-refractivity contribution in [2.75, 3.05) is 19.8 Å². The van der Waals surface area contributed by atoms with Crippen LogP contribution in [0.3, 0.4) is 0 Å². The molecule has 12 unspecified atom stereocenters. The lowest BCUT2D eigenvalue weighted by molar-refractivity contribution is -0.359. The molecule has 1 amide bonds. The summed E-state index contributed by atoms with van der Waals surface area (Å²) in [5, 5.41) is 87.6. The van der Waals surface area contributed by atoms with E-state index in [4.69, 9.17) is 18.9 Å². The Kier molecular flexibility index (Phi) is 58.6.